The van der Waals surface area contributed by atoms with E-state index in [1.807, 2.05) is 0 Å². The number of carbonyl (C=O) groups excluding carboxylic acids is 3. The third kappa shape index (κ3) is 13.8. The number of nitrogens with zero attached hydrogens (tertiary/aromatic N) is 7. The number of Topliss-reactive ketones (excluding diaryl/α,β-unsaturated/α-hetero) is 1. The molecule has 8 rings (SSSR count). The van der Waals surface area contributed by atoms with Gasteiger partial charge >= 0.3 is 32.4 Å². The molecule has 0 amide bonds. The van der Waals surface area contributed by atoms with Gasteiger partial charge in [-0.2, -0.15) is 25.4 Å². The lowest BCUT2D eigenvalue weighted by molar-refractivity contribution is -0.123. The maximum atomic E-state index is 13.8. The zero-order chi connectivity index (χ0) is 48.3. The molecule has 0 unspecified atom stereocenters. The molecule has 0 bridgehead atoms. The largest absolute Gasteiger partial charge is 0.465 e. The van der Waals surface area contributed by atoms with Crippen molar-refractivity contribution in [2.45, 2.75) is 57.7 Å². The summed E-state index contributed by atoms with van der Waals surface area (Å²) < 4.78 is 95.7. The number of rotatable bonds is 13. The summed E-state index contributed by atoms with van der Waals surface area (Å²) in [5.74, 6) is -1.92. The molecule has 2 saturated carbocycles. The van der Waals surface area contributed by atoms with Crippen molar-refractivity contribution in [3.8, 4) is 0 Å². The van der Waals surface area contributed by atoms with Crippen molar-refractivity contribution in [3.05, 3.63) is 117 Å². The summed E-state index contributed by atoms with van der Waals surface area (Å²) in [5, 5.41) is 2.75. The fraction of sp³-hybridized carbons (Fsp3) is 0.432. The molecule has 1 N–H and O–H groups in total. The minimum Gasteiger partial charge on any atom is -0.465 e. The van der Waals surface area contributed by atoms with Crippen LogP contribution >= 0.6 is 35.6 Å². The number of benzene rings is 2. The van der Waals surface area contributed by atoms with Gasteiger partial charge in [0, 0.05) is 83.6 Å². The Labute approximate surface area is 411 Å². The fourth-order valence-electron chi connectivity index (χ4n) is 7.23. The SMILES string of the molecule is COC(=O)c1ccc(CN(c2ccc(F)c(Cl)c2)S(=O)(=O)N2CCN(C3CCC3)CC2)nc1.COC(=O)c1ccc(CN(c2ccc(F)c(Cl)c2)S(=O)(=O)N2CCNCC2)nc1.Cl.O=C1CCC1. The number of aromatic nitrogens is 2. The molecule has 17 nitrogen and oxygen atoms in total. The number of hydrogen-bond acceptors (Lipinski definition) is 13. The topological polar surface area (TPSA) is 192 Å². The van der Waals surface area contributed by atoms with Crippen molar-refractivity contribution < 1.29 is 49.5 Å². The minimum atomic E-state index is -3.95. The number of piperazine rings is 2. The van der Waals surface area contributed by atoms with Crippen LogP contribution in [0.15, 0.2) is 73.1 Å². The van der Waals surface area contributed by atoms with Crippen LogP contribution in [-0.2, 0) is 47.8 Å². The van der Waals surface area contributed by atoms with Crippen LogP contribution in [-0.4, -0.2) is 131 Å². The van der Waals surface area contributed by atoms with Crippen molar-refractivity contribution in [3.63, 3.8) is 0 Å². The number of nitrogens with one attached hydrogen (secondary N) is 1. The molecule has 24 heteroatoms. The number of pyridine rings is 2. The molecule has 4 fully saturated rings. The number of ketones is 1. The van der Waals surface area contributed by atoms with Gasteiger partial charge in [-0.25, -0.2) is 18.4 Å². The molecule has 2 saturated heterocycles. The van der Waals surface area contributed by atoms with E-state index in [1.165, 1.54) is 101 Å². The standard InChI is InChI=1S/C22H26ClFN4O4S.C18H20ClFN4O4S.C4H6O.ClH/c1-32-22(29)16-5-6-17(25-14-16)15-28(19-7-8-21(24)20(23)13-19)33(30,31)27-11-9-26(10-12-27)18-3-2-4-18;1-28-18(25)13-2-3-14(22-11-13)12-24(15-4-5-17(20)16(19)10-15)29(26,27)23-8-6-21-7-9-23;5-4-2-1-3-4;/h5-8,13-14,18H,2-4,9-12,15H2,1H3;2-5,10-11,21H,6-9,12H2,1H3;1-3H2;1H. The average molecular weight is 1050 g/mol. The van der Waals surface area contributed by atoms with E-state index in [0.717, 1.165) is 35.7 Å². The highest BCUT2D eigenvalue weighted by molar-refractivity contribution is 7.90. The zero-order valence-corrected chi connectivity index (χ0v) is 41.3. The molecule has 2 aliphatic heterocycles. The first-order valence-corrected chi connectivity index (χ1v) is 25.1. The second-order valence-corrected chi connectivity index (χ2v) is 20.4. The molecule has 4 aliphatic rings. The van der Waals surface area contributed by atoms with E-state index in [-0.39, 0.29) is 58.0 Å². The van der Waals surface area contributed by atoms with Crippen molar-refractivity contribution in [2.75, 3.05) is 75.2 Å². The highest BCUT2D eigenvalue weighted by Gasteiger charge is 2.36. The second kappa shape index (κ2) is 24.8. The molecular weight excluding hydrogens is 993 g/mol. The lowest BCUT2D eigenvalue weighted by atomic mass is 9.91. The normalized spacial score (nSPS) is 16.8. The molecule has 2 aromatic heterocycles. The van der Waals surface area contributed by atoms with E-state index in [9.17, 15) is 40.0 Å². The van der Waals surface area contributed by atoms with E-state index in [2.05, 4.69) is 29.7 Å². The molecule has 0 atom stereocenters. The lowest BCUT2D eigenvalue weighted by Gasteiger charge is -2.43. The first-order valence-electron chi connectivity index (χ1n) is 21.5. The van der Waals surface area contributed by atoms with Crippen molar-refractivity contribution >= 4 is 85.1 Å². The number of esters is 2. The predicted molar refractivity (Wildman–Crippen MR) is 256 cm³/mol. The zero-order valence-electron chi connectivity index (χ0n) is 37.4. The van der Waals surface area contributed by atoms with Gasteiger partial charge in [0.25, 0.3) is 0 Å². The van der Waals surface area contributed by atoms with Gasteiger partial charge in [0.15, 0.2) is 0 Å². The van der Waals surface area contributed by atoms with Crippen LogP contribution in [0.25, 0.3) is 0 Å². The van der Waals surface area contributed by atoms with Gasteiger partial charge in [-0.1, -0.05) is 29.6 Å². The van der Waals surface area contributed by atoms with E-state index in [0.29, 0.717) is 75.6 Å². The summed E-state index contributed by atoms with van der Waals surface area (Å²) in [6.45, 7) is 3.56. The smallest absolute Gasteiger partial charge is 0.339 e. The first kappa shape index (κ1) is 54.4. The van der Waals surface area contributed by atoms with Crippen molar-refractivity contribution in [1.82, 2.24) is 28.8 Å². The first-order chi connectivity index (χ1) is 32.0. The van der Waals surface area contributed by atoms with Crippen molar-refractivity contribution in [1.29, 1.82) is 0 Å². The maximum Gasteiger partial charge on any atom is 0.339 e. The molecule has 4 heterocycles. The summed E-state index contributed by atoms with van der Waals surface area (Å²) in [6, 6.07) is 14.2. The third-order valence-electron chi connectivity index (χ3n) is 11.5. The van der Waals surface area contributed by atoms with Gasteiger partial charge in [0.05, 0.1) is 71.2 Å². The number of carbonyl (C=O) groups is 3. The molecule has 2 aliphatic carbocycles. The average Bonchev–Trinajstić information content (AvgIpc) is 3.31. The van der Waals surface area contributed by atoms with Gasteiger partial charge < -0.3 is 14.8 Å². The van der Waals surface area contributed by atoms with Gasteiger partial charge in [-0.15, -0.1) is 12.4 Å². The fourth-order valence-corrected chi connectivity index (χ4v) is 10.8. The van der Waals surface area contributed by atoms with Gasteiger partial charge in [-0.3, -0.25) is 28.3 Å². The van der Waals surface area contributed by atoms with Crippen LogP contribution in [0.3, 0.4) is 0 Å². The summed E-state index contributed by atoms with van der Waals surface area (Å²) in [7, 11) is -5.34. The van der Waals surface area contributed by atoms with Crippen LogP contribution in [0.5, 0.6) is 0 Å². The van der Waals surface area contributed by atoms with Crippen molar-refractivity contribution in [2.24, 2.45) is 0 Å². The lowest BCUT2D eigenvalue weighted by Crippen LogP contribution is -2.56. The Hall–Kier alpha value is -4.58. The highest BCUT2D eigenvalue weighted by Crippen LogP contribution is 2.31. The molecule has 2 aromatic carbocycles. The molecule has 0 radical (unpaired) electrons. The number of halogens is 5. The Kier molecular flexibility index (Phi) is 19.8. The van der Waals surface area contributed by atoms with E-state index >= 15 is 0 Å². The summed E-state index contributed by atoms with van der Waals surface area (Å²) in [5.41, 5.74) is 1.78. The van der Waals surface area contributed by atoms with Crippen LogP contribution < -0.4 is 13.9 Å². The summed E-state index contributed by atoms with van der Waals surface area (Å²) in [6.07, 6.45) is 9.04. The van der Waals surface area contributed by atoms with Crippen LogP contribution in [0.1, 0.15) is 70.6 Å². The molecule has 68 heavy (non-hydrogen) atoms. The second-order valence-electron chi connectivity index (χ2n) is 15.8. The van der Waals surface area contributed by atoms with Crippen LogP contribution in [0, 0.1) is 11.6 Å². The predicted octanol–water partition coefficient (Wildman–Crippen LogP) is 6.06. The molecule has 370 valence electrons. The summed E-state index contributed by atoms with van der Waals surface area (Å²) >= 11 is 11.8. The number of methoxy groups -OCH3 is 2. The number of anilines is 2. The summed E-state index contributed by atoms with van der Waals surface area (Å²) in [4.78, 5) is 43.9. The quantitative estimate of drug-likeness (QED) is 0.152. The third-order valence-corrected chi connectivity index (χ3v) is 16.0. The Morgan fingerprint density at radius 2 is 1.12 bits per heavy atom. The van der Waals surface area contributed by atoms with Gasteiger partial charge in [-0.05, 0) is 79.9 Å². The maximum absolute atomic E-state index is 13.8. The Morgan fingerprint density at radius 1 is 0.691 bits per heavy atom. The molecule has 0 spiro atoms. The van der Waals surface area contributed by atoms with Crippen LogP contribution in [0.2, 0.25) is 10.0 Å². The Bertz CT molecular complexity index is 2580. The van der Waals surface area contributed by atoms with E-state index in [4.69, 9.17) is 23.2 Å². The molecular formula is C44H53Cl3F2N8O9S2. The van der Waals surface area contributed by atoms with Gasteiger partial charge in [0.2, 0.25) is 0 Å². The van der Waals surface area contributed by atoms with E-state index in [1.54, 1.807) is 6.07 Å². The van der Waals surface area contributed by atoms with Crippen LogP contribution in [0.4, 0.5) is 20.2 Å². The molecule has 4 aromatic rings. The monoisotopic (exact) mass is 1040 g/mol. The minimum absolute atomic E-state index is 0. The Morgan fingerprint density at radius 3 is 1.44 bits per heavy atom. The van der Waals surface area contributed by atoms with Gasteiger partial charge in [0.1, 0.15) is 17.4 Å². The van der Waals surface area contributed by atoms with E-state index < -0.39 is 44.0 Å². The Balaban J connectivity index is 0.000000228. The number of hydrogen-bond donors (Lipinski definition) is 1. The number of ether oxygens (including phenoxy) is 2. The highest BCUT2D eigenvalue weighted by atomic mass is 35.5.